The molecule has 198 valence electrons. The van der Waals surface area contributed by atoms with E-state index in [1.165, 1.54) is 31.4 Å². The quantitative estimate of drug-likeness (QED) is 0.223. The fraction of sp³-hybridized carbons (Fsp3) is 0.294. The van der Waals surface area contributed by atoms with E-state index in [0.29, 0.717) is 17.3 Å². The van der Waals surface area contributed by atoms with Crippen molar-refractivity contribution >= 4 is 23.5 Å². The number of nitrogen functional groups attached to an aromatic ring is 1. The van der Waals surface area contributed by atoms with Gasteiger partial charge in [0.2, 0.25) is 0 Å². The number of rotatable bonds is 9. The lowest BCUT2D eigenvalue weighted by atomic mass is 9.85. The minimum absolute atomic E-state index is 0.316. The van der Waals surface area contributed by atoms with Crippen molar-refractivity contribution in [3.63, 3.8) is 0 Å². The van der Waals surface area contributed by atoms with E-state index in [1.54, 1.807) is 6.08 Å². The zero-order valence-electron chi connectivity index (χ0n) is 22.5. The number of anilines is 2. The van der Waals surface area contributed by atoms with Gasteiger partial charge < -0.3 is 15.7 Å². The third-order valence-electron chi connectivity index (χ3n) is 7.35. The average molecular weight is 511 g/mol. The van der Waals surface area contributed by atoms with Crippen LogP contribution in [-0.4, -0.2) is 5.11 Å². The third-order valence-corrected chi connectivity index (χ3v) is 7.35. The second-order valence-corrected chi connectivity index (χ2v) is 10.0. The summed E-state index contributed by atoms with van der Waals surface area (Å²) in [6, 6.07) is 18.8. The van der Waals surface area contributed by atoms with Crippen LogP contribution in [-0.2, 0) is 0 Å². The Kier molecular flexibility index (Phi) is 9.19. The fourth-order valence-electron chi connectivity index (χ4n) is 5.45. The van der Waals surface area contributed by atoms with Gasteiger partial charge in [0.05, 0.1) is 0 Å². The summed E-state index contributed by atoms with van der Waals surface area (Å²) in [5.74, 6) is 0.0159. The van der Waals surface area contributed by atoms with E-state index < -0.39 is 6.23 Å². The number of halogens is 1. The largest absolute Gasteiger partial charge is 0.398 e. The van der Waals surface area contributed by atoms with E-state index in [1.807, 2.05) is 72.5 Å². The van der Waals surface area contributed by atoms with E-state index in [-0.39, 0.29) is 5.82 Å². The second kappa shape index (κ2) is 12.7. The van der Waals surface area contributed by atoms with Crippen molar-refractivity contribution in [2.24, 2.45) is 5.92 Å². The lowest BCUT2D eigenvalue weighted by molar-refractivity contribution is 0.174. The number of allylic oxidation sites excluding steroid dienone is 3. The summed E-state index contributed by atoms with van der Waals surface area (Å²) in [5, 5.41) is 11.9. The van der Waals surface area contributed by atoms with Crippen LogP contribution in [0.3, 0.4) is 0 Å². The molecule has 1 saturated carbocycles. The van der Waals surface area contributed by atoms with Crippen molar-refractivity contribution in [1.82, 2.24) is 0 Å². The molecule has 4 heteroatoms. The first-order valence-electron chi connectivity index (χ1n) is 13.7. The number of nitrogens with zero attached hydrogens (tertiary/aromatic N) is 1. The molecule has 0 aliphatic heterocycles. The minimum atomic E-state index is -0.959. The monoisotopic (exact) mass is 510 g/mol. The first kappa shape index (κ1) is 27.4. The highest BCUT2D eigenvalue weighted by atomic mass is 19.1. The van der Waals surface area contributed by atoms with Gasteiger partial charge in [-0.15, -0.1) is 0 Å². The molecule has 3 aromatic carbocycles. The summed E-state index contributed by atoms with van der Waals surface area (Å²) in [5.41, 5.74) is 12.9. The molecule has 4 rings (SSSR count). The number of hydrogen-bond donors (Lipinski definition) is 2. The molecule has 1 aliphatic rings. The maximum absolute atomic E-state index is 14.8. The molecule has 1 atom stereocenters. The molecule has 0 radical (unpaired) electrons. The van der Waals surface area contributed by atoms with Crippen LogP contribution >= 0.6 is 0 Å². The molecule has 1 aliphatic carbocycles. The Morgan fingerprint density at radius 2 is 1.76 bits per heavy atom. The van der Waals surface area contributed by atoms with Gasteiger partial charge in [-0.2, -0.15) is 0 Å². The SMILES string of the molecule is C=Cc1cc(-c2ccc(C(O)N(/C(=C\CC)C3CCCCC3)c3cc(F)cc(/C=C/C)c3)cc2)ccc1N. The molecule has 3 N–H and O–H groups in total. The van der Waals surface area contributed by atoms with Crippen molar-refractivity contribution in [2.45, 2.75) is 58.6 Å². The lowest BCUT2D eigenvalue weighted by Gasteiger charge is -2.38. The van der Waals surface area contributed by atoms with E-state index in [0.717, 1.165) is 52.8 Å². The van der Waals surface area contributed by atoms with Gasteiger partial charge in [0.25, 0.3) is 0 Å². The first-order valence-corrected chi connectivity index (χ1v) is 13.7. The lowest BCUT2D eigenvalue weighted by Crippen LogP contribution is -2.32. The van der Waals surface area contributed by atoms with Gasteiger partial charge in [-0.25, -0.2) is 4.39 Å². The second-order valence-electron chi connectivity index (χ2n) is 10.0. The van der Waals surface area contributed by atoms with Crippen LogP contribution in [0.5, 0.6) is 0 Å². The summed E-state index contributed by atoms with van der Waals surface area (Å²) >= 11 is 0. The standard InChI is InChI=1S/C34H39FN2O/c1-4-10-24-20-30(35)23-31(21-24)37(33(11-5-2)27-12-8-7-9-13-27)34(38)28-16-14-26(15-17-28)29-18-19-32(36)25(6-3)22-29/h4,6,10-11,14-23,27,34,38H,3,5,7-9,12-13,36H2,1-2H3/b10-4+,33-11-. The summed E-state index contributed by atoms with van der Waals surface area (Å²) in [4.78, 5) is 1.95. The number of nitrogens with two attached hydrogens (primary N) is 1. The Labute approximate surface area is 226 Å². The summed E-state index contributed by atoms with van der Waals surface area (Å²) < 4.78 is 14.8. The van der Waals surface area contributed by atoms with Crippen molar-refractivity contribution in [2.75, 3.05) is 10.6 Å². The fourth-order valence-corrected chi connectivity index (χ4v) is 5.45. The molecule has 1 fully saturated rings. The van der Waals surface area contributed by atoms with Crippen LogP contribution in [0.15, 0.2) is 85.1 Å². The number of aliphatic hydroxyl groups is 1. The van der Waals surface area contributed by atoms with Crippen LogP contribution in [0.4, 0.5) is 15.8 Å². The molecule has 0 saturated heterocycles. The summed E-state index contributed by atoms with van der Waals surface area (Å²) in [6.07, 6.45) is 13.4. The van der Waals surface area contributed by atoms with Crippen molar-refractivity contribution in [1.29, 1.82) is 0 Å². The van der Waals surface area contributed by atoms with Gasteiger partial charge in [-0.05, 0) is 84.7 Å². The number of hydrogen-bond acceptors (Lipinski definition) is 3. The molecule has 0 heterocycles. The molecule has 0 aromatic heterocycles. The van der Waals surface area contributed by atoms with Crippen molar-refractivity contribution < 1.29 is 9.50 Å². The number of aliphatic hydroxyl groups excluding tert-OH is 1. The van der Waals surface area contributed by atoms with E-state index >= 15 is 0 Å². The molecule has 0 spiro atoms. The maximum Gasteiger partial charge on any atom is 0.157 e. The van der Waals surface area contributed by atoms with Gasteiger partial charge >= 0.3 is 0 Å². The number of benzene rings is 3. The average Bonchev–Trinajstić information content (AvgIpc) is 2.93. The van der Waals surface area contributed by atoms with Gasteiger partial charge in [0.1, 0.15) is 5.82 Å². The van der Waals surface area contributed by atoms with Crippen LogP contribution in [0, 0.1) is 11.7 Å². The Hall–Kier alpha value is -3.63. The molecular formula is C34H39FN2O. The smallest absolute Gasteiger partial charge is 0.157 e. The maximum atomic E-state index is 14.8. The van der Waals surface area contributed by atoms with Gasteiger partial charge in [-0.3, -0.25) is 0 Å². The van der Waals surface area contributed by atoms with Crippen LogP contribution in [0.1, 0.15) is 75.3 Å². The van der Waals surface area contributed by atoms with Crippen LogP contribution in [0.2, 0.25) is 0 Å². The molecule has 0 bridgehead atoms. The Balaban J connectivity index is 1.76. The Morgan fingerprint density at radius 3 is 2.42 bits per heavy atom. The third kappa shape index (κ3) is 6.25. The molecule has 3 aromatic rings. The van der Waals surface area contributed by atoms with Crippen LogP contribution < -0.4 is 10.6 Å². The van der Waals surface area contributed by atoms with Crippen molar-refractivity contribution in [3.05, 3.63) is 108 Å². The predicted octanol–water partition coefficient (Wildman–Crippen LogP) is 9.12. The molecule has 1 unspecified atom stereocenters. The minimum Gasteiger partial charge on any atom is -0.398 e. The van der Waals surface area contributed by atoms with Gasteiger partial charge in [0.15, 0.2) is 6.23 Å². The predicted molar refractivity (Wildman–Crippen MR) is 160 cm³/mol. The molecule has 38 heavy (non-hydrogen) atoms. The normalized spacial score (nSPS) is 15.5. The molecule has 0 amide bonds. The summed E-state index contributed by atoms with van der Waals surface area (Å²) in [7, 11) is 0. The van der Waals surface area contributed by atoms with E-state index in [4.69, 9.17) is 5.73 Å². The van der Waals surface area contributed by atoms with Gasteiger partial charge in [0, 0.05) is 22.6 Å². The highest BCUT2D eigenvalue weighted by molar-refractivity contribution is 5.73. The highest BCUT2D eigenvalue weighted by Crippen LogP contribution is 2.39. The molecular weight excluding hydrogens is 471 g/mol. The zero-order valence-corrected chi connectivity index (χ0v) is 22.5. The Bertz CT molecular complexity index is 1300. The van der Waals surface area contributed by atoms with E-state index in [2.05, 4.69) is 19.6 Å². The topological polar surface area (TPSA) is 49.5 Å². The van der Waals surface area contributed by atoms with E-state index in [9.17, 15) is 9.50 Å². The zero-order chi connectivity index (χ0) is 27.1. The van der Waals surface area contributed by atoms with Gasteiger partial charge in [-0.1, -0.05) is 87.4 Å². The Morgan fingerprint density at radius 1 is 1.05 bits per heavy atom. The van der Waals surface area contributed by atoms with Crippen molar-refractivity contribution in [3.8, 4) is 11.1 Å². The highest BCUT2D eigenvalue weighted by Gasteiger charge is 2.29. The van der Waals surface area contributed by atoms with Crippen LogP contribution in [0.25, 0.3) is 23.3 Å². The first-order chi connectivity index (χ1) is 18.4. The summed E-state index contributed by atoms with van der Waals surface area (Å²) in [6.45, 7) is 7.88. The molecule has 3 nitrogen and oxygen atoms in total.